The highest BCUT2D eigenvalue weighted by Gasteiger charge is 2.52. The molecule has 7 nitrogen and oxygen atoms in total. The molecule has 0 aliphatic heterocycles. The van der Waals surface area contributed by atoms with Gasteiger partial charge in [-0.25, -0.2) is 0 Å². The lowest BCUT2D eigenvalue weighted by molar-refractivity contribution is -0.536. The number of ether oxygens (including phenoxy) is 2. The van der Waals surface area contributed by atoms with Crippen molar-refractivity contribution in [3.63, 3.8) is 0 Å². The van der Waals surface area contributed by atoms with Crippen LogP contribution in [0.25, 0.3) is 12.2 Å². The van der Waals surface area contributed by atoms with Gasteiger partial charge in [0, 0.05) is 11.3 Å². The van der Waals surface area contributed by atoms with Gasteiger partial charge in [0.15, 0.2) is 5.78 Å². The SMILES string of the molecule is COc1ccc(C=CC(=O)C2C(=O)CC(c3ccc(OC)cc3)C([N+](=O)[O-])C2C=Cc2ccccc2)cc1. The van der Waals surface area contributed by atoms with E-state index in [1.54, 1.807) is 81.0 Å². The number of allylic oxidation sites excluding steroid dienone is 1. The second-order valence-electron chi connectivity index (χ2n) is 9.16. The standard InChI is InChI=1S/C31H29NO6/c1-37-24-14-8-22(9-15-24)11-19-28(33)30-26(18-10-21-6-4-3-5-7-21)31(32(35)36)27(20-29(30)34)23-12-16-25(38-2)17-13-23/h3-19,26-27,30-31H,20H2,1-2H3. The Balaban J connectivity index is 1.70. The summed E-state index contributed by atoms with van der Waals surface area (Å²) in [4.78, 5) is 39.0. The van der Waals surface area contributed by atoms with Crippen LogP contribution < -0.4 is 9.47 Å². The molecule has 38 heavy (non-hydrogen) atoms. The smallest absolute Gasteiger partial charge is 0.227 e. The van der Waals surface area contributed by atoms with Gasteiger partial charge in [0.1, 0.15) is 17.3 Å². The molecule has 0 aromatic heterocycles. The van der Waals surface area contributed by atoms with Crippen LogP contribution in [0.2, 0.25) is 0 Å². The highest BCUT2D eigenvalue weighted by molar-refractivity contribution is 6.10. The number of benzene rings is 3. The summed E-state index contributed by atoms with van der Waals surface area (Å²) in [6.07, 6.45) is 6.26. The predicted molar refractivity (Wildman–Crippen MR) is 146 cm³/mol. The number of Topliss-reactive ketones (excluding diaryl/α,β-unsaturated/α-hetero) is 1. The van der Waals surface area contributed by atoms with E-state index in [-0.39, 0.29) is 17.1 Å². The Morgan fingerprint density at radius 2 is 1.45 bits per heavy atom. The molecule has 0 saturated heterocycles. The van der Waals surface area contributed by atoms with E-state index < -0.39 is 29.6 Å². The molecule has 3 aromatic carbocycles. The molecule has 0 heterocycles. The van der Waals surface area contributed by atoms with Crippen molar-refractivity contribution < 1.29 is 24.0 Å². The normalized spacial score (nSPS) is 21.5. The third-order valence-electron chi connectivity index (χ3n) is 6.92. The average molecular weight is 512 g/mol. The number of nitrogens with zero attached hydrogens (tertiary/aromatic N) is 1. The van der Waals surface area contributed by atoms with Crippen LogP contribution in [0.3, 0.4) is 0 Å². The molecule has 4 unspecified atom stereocenters. The lowest BCUT2D eigenvalue weighted by Crippen LogP contribution is -2.48. The van der Waals surface area contributed by atoms with Gasteiger partial charge in [0.25, 0.3) is 0 Å². The van der Waals surface area contributed by atoms with Gasteiger partial charge in [-0.05, 0) is 47.0 Å². The Labute approximate surface area is 221 Å². The molecule has 0 N–H and O–H groups in total. The summed E-state index contributed by atoms with van der Waals surface area (Å²) in [6.45, 7) is 0. The van der Waals surface area contributed by atoms with Gasteiger partial charge in [-0.15, -0.1) is 0 Å². The van der Waals surface area contributed by atoms with E-state index in [4.69, 9.17) is 9.47 Å². The second kappa shape index (κ2) is 12.1. The van der Waals surface area contributed by atoms with Crippen molar-refractivity contribution in [2.45, 2.75) is 18.4 Å². The number of carbonyl (C=O) groups excluding carboxylic acids is 2. The first-order valence-corrected chi connectivity index (χ1v) is 12.3. The quantitative estimate of drug-likeness (QED) is 0.160. The van der Waals surface area contributed by atoms with E-state index in [1.165, 1.54) is 6.08 Å². The third-order valence-corrected chi connectivity index (χ3v) is 6.92. The van der Waals surface area contributed by atoms with Crippen molar-refractivity contribution in [3.8, 4) is 11.5 Å². The molecule has 3 aromatic rings. The van der Waals surface area contributed by atoms with Crippen LogP contribution in [0.15, 0.2) is 91.0 Å². The summed E-state index contributed by atoms with van der Waals surface area (Å²) >= 11 is 0. The number of rotatable bonds is 9. The second-order valence-corrected chi connectivity index (χ2v) is 9.16. The third kappa shape index (κ3) is 6.06. The van der Waals surface area contributed by atoms with Gasteiger partial charge in [-0.1, -0.05) is 72.8 Å². The van der Waals surface area contributed by atoms with Crippen LogP contribution in [0.5, 0.6) is 11.5 Å². The molecule has 0 amide bonds. The number of hydrogen-bond donors (Lipinski definition) is 0. The van der Waals surface area contributed by atoms with Crippen LogP contribution in [0.1, 0.15) is 29.0 Å². The lowest BCUT2D eigenvalue weighted by atomic mass is 9.66. The molecular weight excluding hydrogens is 482 g/mol. The van der Waals surface area contributed by atoms with Crippen molar-refractivity contribution in [2.75, 3.05) is 14.2 Å². The highest BCUT2D eigenvalue weighted by Crippen LogP contribution is 2.41. The summed E-state index contributed by atoms with van der Waals surface area (Å²) in [5.74, 6) is -2.22. The molecule has 1 saturated carbocycles. The van der Waals surface area contributed by atoms with Crippen LogP contribution >= 0.6 is 0 Å². The molecule has 0 bridgehead atoms. The van der Waals surface area contributed by atoms with E-state index in [9.17, 15) is 19.7 Å². The molecule has 1 aliphatic rings. The molecule has 1 fully saturated rings. The number of methoxy groups -OCH3 is 2. The minimum atomic E-state index is -1.16. The van der Waals surface area contributed by atoms with Gasteiger partial charge in [-0.3, -0.25) is 19.7 Å². The zero-order valence-electron chi connectivity index (χ0n) is 21.2. The van der Waals surface area contributed by atoms with E-state index in [1.807, 2.05) is 30.3 Å². The molecule has 0 radical (unpaired) electrons. The number of ketones is 2. The summed E-state index contributed by atoms with van der Waals surface area (Å²) in [5, 5.41) is 12.5. The largest absolute Gasteiger partial charge is 0.497 e. The predicted octanol–water partition coefficient (Wildman–Crippen LogP) is 5.63. The number of carbonyl (C=O) groups is 2. The average Bonchev–Trinajstić information content (AvgIpc) is 2.95. The summed E-state index contributed by atoms with van der Waals surface area (Å²) in [5.41, 5.74) is 2.24. The van der Waals surface area contributed by atoms with Crippen LogP contribution in [0, 0.1) is 22.0 Å². The van der Waals surface area contributed by atoms with Gasteiger partial charge < -0.3 is 9.47 Å². The van der Waals surface area contributed by atoms with Gasteiger partial charge in [0.05, 0.1) is 32.0 Å². The lowest BCUT2D eigenvalue weighted by Gasteiger charge is -2.35. The van der Waals surface area contributed by atoms with E-state index >= 15 is 0 Å². The summed E-state index contributed by atoms with van der Waals surface area (Å²) in [7, 11) is 3.11. The maximum absolute atomic E-state index is 13.5. The first-order chi connectivity index (χ1) is 18.4. The molecular formula is C31H29NO6. The Morgan fingerprint density at radius 1 is 0.868 bits per heavy atom. The van der Waals surface area contributed by atoms with Crippen molar-refractivity contribution in [1.29, 1.82) is 0 Å². The summed E-state index contributed by atoms with van der Waals surface area (Å²) in [6, 6.07) is 22.2. The zero-order chi connectivity index (χ0) is 27.1. The van der Waals surface area contributed by atoms with E-state index in [2.05, 4.69) is 0 Å². The Morgan fingerprint density at radius 3 is 2.03 bits per heavy atom. The molecule has 0 spiro atoms. The number of nitro groups is 1. The van der Waals surface area contributed by atoms with Crippen LogP contribution in [0.4, 0.5) is 0 Å². The van der Waals surface area contributed by atoms with Crippen molar-refractivity contribution in [1.82, 2.24) is 0 Å². The number of hydrogen-bond acceptors (Lipinski definition) is 6. The first-order valence-electron chi connectivity index (χ1n) is 12.3. The fraction of sp³-hybridized carbons (Fsp3) is 0.226. The van der Waals surface area contributed by atoms with Gasteiger partial charge in [0.2, 0.25) is 6.04 Å². The van der Waals surface area contributed by atoms with E-state index in [0.717, 1.165) is 11.1 Å². The summed E-state index contributed by atoms with van der Waals surface area (Å²) < 4.78 is 10.4. The van der Waals surface area contributed by atoms with Crippen LogP contribution in [-0.2, 0) is 9.59 Å². The molecule has 7 heteroatoms. The monoisotopic (exact) mass is 511 g/mol. The van der Waals surface area contributed by atoms with Gasteiger partial charge in [-0.2, -0.15) is 0 Å². The minimum Gasteiger partial charge on any atom is -0.497 e. The fourth-order valence-electron chi connectivity index (χ4n) is 4.95. The molecule has 4 rings (SSSR count). The fourth-order valence-corrected chi connectivity index (χ4v) is 4.95. The molecule has 194 valence electrons. The topological polar surface area (TPSA) is 95.7 Å². The van der Waals surface area contributed by atoms with Crippen molar-refractivity contribution in [3.05, 3.63) is 118 Å². The maximum Gasteiger partial charge on any atom is 0.227 e. The molecule has 4 atom stereocenters. The van der Waals surface area contributed by atoms with Crippen molar-refractivity contribution in [2.24, 2.45) is 11.8 Å². The maximum atomic E-state index is 13.5. The molecule has 1 aliphatic carbocycles. The Bertz CT molecular complexity index is 1330. The minimum absolute atomic E-state index is 0.0968. The Kier molecular flexibility index (Phi) is 8.48. The van der Waals surface area contributed by atoms with Crippen LogP contribution in [-0.4, -0.2) is 36.8 Å². The van der Waals surface area contributed by atoms with Gasteiger partial charge >= 0.3 is 0 Å². The first kappa shape index (κ1) is 26.5. The van der Waals surface area contributed by atoms with Crippen molar-refractivity contribution >= 4 is 23.7 Å². The Hall–Kier alpha value is -4.52. The van der Waals surface area contributed by atoms with E-state index in [0.29, 0.717) is 17.1 Å². The highest BCUT2D eigenvalue weighted by atomic mass is 16.6. The zero-order valence-corrected chi connectivity index (χ0v) is 21.2.